The summed E-state index contributed by atoms with van der Waals surface area (Å²) in [5, 5.41) is 14.9. The highest BCUT2D eigenvalue weighted by Crippen LogP contribution is 2.15. The highest BCUT2D eigenvalue weighted by molar-refractivity contribution is 6.29. The maximum absolute atomic E-state index is 12.0. The Morgan fingerprint density at radius 3 is 3.08 bits per heavy atom. The van der Waals surface area contributed by atoms with Gasteiger partial charge in [-0.2, -0.15) is 5.10 Å². The third kappa shape index (κ3) is 3.85. The highest BCUT2D eigenvalue weighted by atomic mass is 35.5. The van der Waals surface area contributed by atoms with Crippen LogP contribution in [0.4, 0.5) is 5.69 Å². The molecule has 0 amide bonds. The standard InChI is InChI=1S/C16H18ClN5O2/c1-21-16(23)13(7-14(17)20-21)19-15(18)6-11-4-2-3-5-22(8-11)12-9-24-10-12/h6-7,12H,3,5,8-10H2,1H3,(H2,18,19)/b11-6+. The van der Waals surface area contributed by atoms with Gasteiger partial charge in [-0.3, -0.25) is 15.1 Å². The van der Waals surface area contributed by atoms with E-state index in [0.717, 1.165) is 36.4 Å². The maximum atomic E-state index is 12.0. The molecule has 0 unspecified atom stereocenters. The molecule has 0 bridgehead atoms. The van der Waals surface area contributed by atoms with Crippen molar-refractivity contribution in [2.24, 2.45) is 7.05 Å². The van der Waals surface area contributed by atoms with Gasteiger partial charge in [0, 0.05) is 38.2 Å². The van der Waals surface area contributed by atoms with Crippen LogP contribution in [-0.4, -0.2) is 52.9 Å². The molecule has 1 saturated heterocycles. The number of ether oxygens (including phenoxy) is 1. The molecule has 3 heterocycles. The molecule has 0 saturated carbocycles. The lowest BCUT2D eigenvalue weighted by atomic mass is 10.1. The van der Waals surface area contributed by atoms with Gasteiger partial charge in [-0.1, -0.05) is 23.4 Å². The van der Waals surface area contributed by atoms with Gasteiger partial charge in [0.1, 0.15) is 11.5 Å². The summed E-state index contributed by atoms with van der Waals surface area (Å²) in [6, 6.07) is 1.83. The molecule has 2 aliphatic heterocycles. The fourth-order valence-electron chi connectivity index (χ4n) is 2.56. The Morgan fingerprint density at radius 1 is 1.58 bits per heavy atom. The number of amidine groups is 1. The van der Waals surface area contributed by atoms with Crippen molar-refractivity contribution in [1.82, 2.24) is 14.7 Å². The molecule has 0 spiro atoms. The lowest BCUT2D eigenvalue weighted by Crippen LogP contribution is -2.49. The molecule has 3 rings (SSSR count). The van der Waals surface area contributed by atoms with E-state index in [1.807, 2.05) is 0 Å². The van der Waals surface area contributed by atoms with Crippen LogP contribution in [0.5, 0.6) is 0 Å². The quantitative estimate of drug-likeness (QED) is 0.481. The van der Waals surface area contributed by atoms with Gasteiger partial charge in [0.15, 0.2) is 5.15 Å². The lowest BCUT2D eigenvalue weighted by Gasteiger charge is -2.36. The maximum Gasteiger partial charge on any atom is 0.290 e. The van der Waals surface area contributed by atoms with Gasteiger partial charge in [0.2, 0.25) is 0 Å². The van der Waals surface area contributed by atoms with E-state index in [1.54, 1.807) is 6.08 Å². The van der Waals surface area contributed by atoms with Gasteiger partial charge in [-0.05, 0) is 6.08 Å². The largest absolute Gasteiger partial charge is 0.378 e. The normalized spacial score (nSPS) is 20.0. The Hall–Kier alpha value is -2.14. The van der Waals surface area contributed by atoms with Crippen molar-refractivity contribution in [3.05, 3.63) is 33.2 Å². The summed E-state index contributed by atoms with van der Waals surface area (Å²) in [5.41, 5.74) is 0.710. The first kappa shape index (κ1) is 16.7. The van der Waals surface area contributed by atoms with E-state index in [4.69, 9.17) is 21.7 Å². The van der Waals surface area contributed by atoms with Crippen LogP contribution < -0.4 is 10.9 Å². The van der Waals surface area contributed by atoms with E-state index in [9.17, 15) is 4.79 Å². The molecule has 126 valence electrons. The van der Waals surface area contributed by atoms with Crippen LogP contribution >= 0.6 is 11.6 Å². The van der Waals surface area contributed by atoms with Crippen molar-refractivity contribution < 1.29 is 4.74 Å². The number of anilines is 1. The summed E-state index contributed by atoms with van der Waals surface area (Å²) in [5.74, 6) is 6.29. The molecule has 0 aliphatic carbocycles. The predicted molar refractivity (Wildman–Crippen MR) is 92.5 cm³/mol. The fraction of sp³-hybridized carbons (Fsp3) is 0.438. The van der Waals surface area contributed by atoms with E-state index < -0.39 is 0 Å². The van der Waals surface area contributed by atoms with Gasteiger partial charge in [-0.15, -0.1) is 0 Å². The molecule has 2 N–H and O–H groups in total. The zero-order valence-corrected chi connectivity index (χ0v) is 14.1. The third-order valence-electron chi connectivity index (χ3n) is 3.90. The zero-order valence-electron chi connectivity index (χ0n) is 13.3. The minimum absolute atomic E-state index is 0.0883. The second-order valence-electron chi connectivity index (χ2n) is 5.73. The summed E-state index contributed by atoms with van der Waals surface area (Å²) < 4.78 is 6.38. The number of rotatable bonds is 3. The fourth-order valence-corrected chi connectivity index (χ4v) is 2.78. The van der Waals surface area contributed by atoms with Gasteiger partial charge in [-0.25, -0.2) is 4.68 Å². The second-order valence-corrected chi connectivity index (χ2v) is 6.12. The van der Waals surface area contributed by atoms with Crippen LogP contribution in [-0.2, 0) is 11.8 Å². The third-order valence-corrected chi connectivity index (χ3v) is 4.09. The molecule has 1 aromatic rings. The molecule has 7 nitrogen and oxygen atoms in total. The molecule has 0 aromatic carbocycles. The molecule has 2 aliphatic rings. The van der Waals surface area contributed by atoms with Gasteiger partial charge >= 0.3 is 0 Å². The Labute approximate surface area is 144 Å². The Morgan fingerprint density at radius 2 is 2.38 bits per heavy atom. The van der Waals surface area contributed by atoms with E-state index in [1.165, 1.54) is 13.1 Å². The number of hydrogen-bond donors (Lipinski definition) is 2. The van der Waals surface area contributed by atoms with Gasteiger partial charge in [0.25, 0.3) is 5.56 Å². The summed E-state index contributed by atoms with van der Waals surface area (Å²) in [7, 11) is 1.51. The van der Waals surface area contributed by atoms with Crippen LogP contribution in [0, 0.1) is 17.3 Å². The van der Waals surface area contributed by atoms with Crippen LogP contribution in [0.15, 0.2) is 22.5 Å². The van der Waals surface area contributed by atoms with Crippen molar-refractivity contribution in [2.45, 2.75) is 12.5 Å². The van der Waals surface area contributed by atoms with Crippen molar-refractivity contribution in [2.75, 3.05) is 31.6 Å². The average Bonchev–Trinajstić information content (AvgIpc) is 2.68. The van der Waals surface area contributed by atoms with E-state index in [0.29, 0.717) is 12.6 Å². The average molecular weight is 348 g/mol. The first-order chi connectivity index (χ1) is 11.5. The van der Waals surface area contributed by atoms with Crippen LogP contribution in [0.25, 0.3) is 0 Å². The molecular formula is C16H18ClN5O2. The van der Waals surface area contributed by atoms with Crippen molar-refractivity contribution in [3.8, 4) is 11.8 Å². The van der Waals surface area contributed by atoms with Gasteiger partial charge in [0.05, 0.1) is 19.3 Å². The van der Waals surface area contributed by atoms with Crippen LogP contribution in [0.2, 0.25) is 5.15 Å². The van der Waals surface area contributed by atoms with Crippen LogP contribution in [0.1, 0.15) is 6.42 Å². The predicted octanol–water partition coefficient (Wildman–Crippen LogP) is 0.857. The Kier molecular flexibility index (Phi) is 5.00. The second kappa shape index (κ2) is 7.18. The molecule has 1 aromatic heterocycles. The van der Waals surface area contributed by atoms with E-state index in [-0.39, 0.29) is 22.2 Å². The molecule has 0 atom stereocenters. The van der Waals surface area contributed by atoms with Crippen molar-refractivity contribution >= 4 is 23.1 Å². The Bertz CT molecular complexity index is 801. The monoisotopic (exact) mass is 347 g/mol. The smallest absolute Gasteiger partial charge is 0.290 e. The number of aromatic nitrogens is 2. The molecular weight excluding hydrogens is 330 g/mol. The van der Waals surface area contributed by atoms with E-state index >= 15 is 0 Å². The minimum atomic E-state index is -0.345. The summed E-state index contributed by atoms with van der Waals surface area (Å²) in [6.07, 6.45) is 2.45. The number of aryl methyl sites for hydroxylation is 1. The van der Waals surface area contributed by atoms with Crippen LogP contribution in [0.3, 0.4) is 0 Å². The minimum Gasteiger partial charge on any atom is -0.378 e. The Balaban J connectivity index is 1.73. The number of nitrogens with zero attached hydrogens (tertiary/aromatic N) is 3. The number of halogens is 1. The first-order valence-electron chi connectivity index (χ1n) is 7.63. The zero-order chi connectivity index (χ0) is 17.1. The first-order valence-corrected chi connectivity index (χ1v) is 8.01. The molecule has 24 heavy (non-hydrogen) atoms. The molecule has 1 fully saturated rings. The topological polar surface area (TPSA) is 83.2 Å². The van der Waals surface area contributed by atoms with Gasteiger partial charge < -0.3 is 10.1 Å². The SMILES string of the molecule is Cn1nc(Cl)cc(NC(=N)/C=C2\C#CCCN(C3COC3)C2)c1=O. The summed E-state index contributed by atoms with van der Waals surface area (Å²) in [6.45, 7) is 3.07. The number of hydrogen-bond acceptors (Lipinski definition) is 5. The van der Waals surface area contributed by atoms with E-state index in [2.05, 4.69) is 27.2 Å². The highest BCUT2D eigenvalue weighted by Gasteiger charge is 2.26. The number of nitrogens with one attached hydrogen (secondary N) is 2. The lowest BCUT2D eigenvalue weighted by molar-refractivity contribution is -0.0606. The summed E-state index contributed by atoms with van der Waals surface area (Å²) >= 11 is 5.86. The molecule has 0 radical (unpaired) electrons. The summed E-state index contributed by atoms with van der Waals surface area (Å²) in [4.78, 5) is 14.3. The molecule has 8 heteroatoms. The van der Waals surface area contributed by atoms with Crippen molar-refractivity contribution in [3.63, 3.8) is 0 Å². The van der Waals surface area contributed by atoms with Crippen molar-refractivity contribution in [1.29, 1.82) is 5.41 Å².